The van der Waals surface area contributed by atoms with Crippen LogP contribution in [-0.2, 0) is 11.6 Å². The van der Waals surface area contributed by atoms with Crippen molar-refractivity contribution in [2.45, 2.75) is 36.9 Å². The molecule has 1 fully saturated rings. The minimum absolute atomic E-state index is 0.0797. The van der Waals surface area contributed by atoms with Crippen molar-refractivity contribution in [3.63, 3.8) is 0 Å². The van der Waals surface area contributed by atoms with Crippen molar-refractivity contribution in [3.05, 3.63) is 39.2 Å². The number of anilines is 1. The largest absolute Gasteiger partial charge is 0.435 e. The molecule has 0 radical (unpaired) electrons. The second kappa shape index (κ2) is 5.36. The summed E-state index contributed by atoms with van der Waals surface area (Å²) < 4.78 is 40.4. The number of rotatable bonds is 1. The van der Waals surface area contributed by atoms with Crippen molar-refractivity contribution in [2.24, 2.45) is 0 Å². The zero-order valence-corrected chi connectivity index (χ0v) is 14.7. The number of fused-ring (bicyclic) bond motifs is 2. The Morgan fingerprint density at radius 1 is 1.42 bits per heavy atom. The summed E-state index contributed by atoms with van der Waals surface area (Å²) in [5, 5.41) is 7.63. The molecule has 0 amide bonds. The fourth-order valence-electron chi connectivity index (χ4n) is 3.83. The molecule has 4 nitrogen and oxygen atoms in total. The number of hydrogen-bond acceptors (Lipinski definition) is 3. The van der Waals surface area contributed by atoms with Crippen LogP contribution in [0.5, 0.6) is 0 Å². The van der Waals surface area contributed by atoms with Gasteiger partial charge in [-0.05, 0) is 41.3 Å². The third kappa shape index (κ3) is 2.42. The molecule has 0 bridgehead atoms. The molecule has 0 aromatic carbocycles. The minimum atomic E-state index is -4.42. The van der Waals surface area contributed by atoms with Crippen LogP contribution in [-0.4, -0.2) is 21.3 Å². The maximum Gasteiger partial charge on any atom is 0.435 e. The number of alkyl halides is 3. The standard InChI is InChI=1S/C15H13BrClF3N4/c16-9-6-21-13-11(12(9)17)14(7-22-13)3-1-8(5-14)24-4-2-10(23-24)15(18,19)20/h2,4,6,8H,1,3,5,7H2,(H,21,22)/t8-,14-/m0/s1. The van der Waals surface area contributed by atoms with Gasteiger partial charge in [0.05, 0.1) is 15.5 Å². The molecule has 1 aliphatic carbocycles. The van der Waals surface area contributed by atoms with E-state index in [1.807, 2.05) is 0 Å². The highest BCUT2D eigenvalue weighted by atomic mass is 79.9. The molecule has 1 saturated carbocycles. The van der Waals surface area contributed by atoms with E-state index in [1.165, 1.54) is 10.9 Å². The lowest BCUT2D eigenvalue weighted by molar-refractivity contribution is -0.141. The van der Waals surface area contributed by atoms with Gasteiger partial charge in [0, 0.05) is 29.9 Å². The molecule has 2 atom stereocenters. The lowest BCUT2D eigenvalue weighted by Crippen LogP contribution is -2.26. The molecule has 24 heavy (non-hydrogen) atoms. The van der Waals surface area contributed by atoms with E-state index in [0.717, 1.165) is 34.8 Å². The SMILES string of the molecule is FC(F)(F)c1ccn([C@H]2CC[C@@]3(CNc4ncc(Br)c(Cl)c43)C2)n1. The van der Waals surface area contributed by atoms with Crippen molar-refractivity contribution < 1.29 is 13.2 Å². The Morgan fingerprint density at radius 3 is 2.92 bits per heavy atom. The summed E-state index contributed by atoms with van der Waals surface area (Å²) in [6, 6.07) is 0.945. The van der Waals surface area contributed by atoms with Crippen LogP contribution in [0.1, 0.15) is 36.6 Å². The van der Waals surface area contributed by atoms with Crippen LogP contribution in [0.2, 0.25) is 5.02 Å². The molecule has 0 saturated heterocycles. The number of aromatic nitrogens is 3. The second-order valence-electron chi connectivity index (χ2n) is 6.35. The molecule has 9 heteroatoms. The fraction of sp³-hybridized carbons (Fsp3) is 0.467. The summed E-state index contributed by atoms with van der Waals surface area (Å²) in [6.45, 7) is 0.690. The van der Waals surface area contributed by atoms with E-state index in [9.17, 15) is 13.2 Å². The van der Waals surface area contributed by atoms with Crippen LogP contribution >= 0.6 is 27.5 Å². The van der Waals surface area contributed by atoms with Gasteiger partial charge in [-0.2, -0.15) is 18.3 Å². The molecule has 2 aliphatic rings. The number of pyridine rings is 1. The van der Waals surface area contributed by atoms with Crippen LogP contribution in [0.15, 0.2) is 22.9 Å². The van der Waals surface area contributed by atoms with Gasteiger partial charge >= 0.3 is 6.18 Å². The lowest BCUT2D eigenvalue weighted by atomic mass is 9.81. The van der Waals surface area contributed by atoms with Crippen LogP contribution in [0.3, 0.4) is 0 Å². The third-order valence-electron chi connectivity index (χ3n) is 4.95. The van der Waals surface area contributed by atoms with E-state index >= 15 is 0 Å². The number of nitrogens with zero attached hydrogens (tertiary/aromatic N) is 3. The molecule has 1 aliphatic heterocycles. The van der Waals surface area contributed by atoms with Crippen molar-refractivity contribution in [2.75, 3.05) is 11.9 Å². The van der Waals surface area contributed by atoms with Gasteiger partial charge in [0.15, 0.2) is 5.69 Å². The Balaban J connectivity index is 1.65. The third-order valence-corrected chi connectivity index (χ3v) is 6.18. The Bertz CT molecular complexity index is 807. The average Bonchev–Trinajstić information content (AvgIpc) is 3.22. The molecule has 4 rings (SSSR count). The van der Waals surface area contributed by atoms with E-state index in [1.54, 1.807) is 6.20 Å². The van der Waals surface area contributed by atoms with Gasteiger partial charge in [0.1, 0.15) is 5.82 Å². The number of nitrogens with one attached hydrogen (secondary N) is 1. The van der Waals surface area contributed by atoms with E-state index in [2.05, 4.69) is 31.3 Å². The van der Waals surface area contributed by atoms with Gasteiger partial charge in [-0.1, -0.05) is 11.6 Å². The fourth-order valence-corrected chi connectivity index (χ4v) is 4.47. The van der Waals surface area contributed by atoms with Crippen molar-refractivity contribution in [3.8, 4) is 0 Å². The van der Waals surface area contributed by atoms with Crippen molar-refractivity contribution in [1.29, 1.82) is 0 Å². The Kier molecular flexibility index (Phi) is 3.62. The topological polar surface area (TPSA) is 42.7 Å². The summed E-state index contributed by atoms with van der Waals surface area (Å²) in [5.74, 6) is 0.764. The Hall–Kier alpha value is -1.28. The van der Waals surface area contributed by atoms with E-state index < -0.39 is 11.9 Å². The van der Waals surface area contributed by atoms with Crippen LogP contribution < -0.4 is 5.32 Å². The lowest BCUT2D eigenvalue weighted by Gasteiger charge is -2.24. The predicted octanol–water partition coefficient (Wildman–Crippen LogP) is 4.80. The zero-order chi connectivity index (χ0) is 17.1. The number of halogens is 5. The highest BCUT2D eigenvalue weighted by molar-refractivity contribution is 9.10. The first-order valence-electron chi connectivity index (χ1n) is 7.51. The normalized spacial score (nSPS) is 26.0. The van der Waals surface area contributed by atoms with Gasteiger partial charge in [0.2, 0.25) is 0 Å². The highest BCUT2D eigenvalue weighted by Gasteiger charge is 2.48. The van der Waals surface area contributed by atoms with Crippen LogP contribution in [0.25, 0.3) is 0 Å². The van der Waals surface area contributed by atoms with Crippen LogP contribution in [0, 0.1) is 0 Å². The molecule has 128 valence electrons. The quantitative estimate of drug-likeness (QED) is 0.719. The first-order valence-corrected chi connectivity index (χ1v) is 8.68. The monoisotopic (exact) mass is 420 g/mol. The molecular formula is C15H13BrClF3N4. The summed E-state index contributed by atoms with van der Waals surface area (Å²) in [5.41, 5.74) is -0.0989. The zero-order valence-electron chi connectivity index (χ0n) is 12.4. The molecule has 1 spiro atoms. The van der Waals surface area contributed by atoms with Gasteiger partial charge in [-0.25, -0.2) is 4.98 Å². The Labute approximate surface area is 149 Å². The first-order chi connectivity index (χ1) is 11.3. The van der Waals surface area contributed by atoms with Crippen LogP contribution in [0.4, 0.5) is 19.0 Å². The molecular weight excluding hydrogens is 409 g/mol. The summed E-state index contributed by atoms with van der Waals surface area (Å²) in [4.78, 5) is 4.36. The summed E-state index contributed by atoms with van der Waals surface area (Å²) >= 11 is 9.87. The second-order valence-corrected chi connectivity index (χ2v) is 7.59. The van der Waals surface area contributed by atoms with E-state index in [-0.39, 0.29) is 11.5 Å². The van der Waals surface area contributed by atoms with Gasteiger partial charge in [-0.15, -0.1) is 0 Å². The van der Waals surface area contributed by atoms with Crippen molar-refractivity contribution >= 4 is 33.3 Å². The molecule has 2 aromatic heterocycles. The summed E-state index contributed by atoms with van der Waals surface area (Å²) in [6.07, 6.45) is 0.921. The predicted molar refractivity (Wildman–Crippen MR) is 87.2 cm³/mol. The van der Waals surface area contributed by atoms with Gasteiger partial charge in [0.25, 0.3) is 0 Å². The molecule has 2 aromatic rings. The van der Waals surface area contributed by atoms with E-state index in [4.69, 9.17) is 11.6 Å². The molecule has 0 unspecified atom stereocenters. The highest BCUT2D eigenvalue weighted by Crippen LogP contribution is 2.54. The molecule has 3 heterocycles. The average molecular weight is 422 g/mol. The van der Waals surface area contributed by atoms with Gasteiger partial charge in [-0.3, -0.25) is 4.68 Å². The summed E-state index contributed by atoms with van der Waals surface area (Å²) in [7, 11) is 0. The van der Waals surface area contributed by atoms with Gasteiger partial charge < -0.3 is 5.32 Å². The number of hydrogen-bond donors (Lipinski definition) is 1. The minimum Gasteiger partial charge on any atom is -0.369 e. The first kappa shape index (κ1) is 16.2. The van der Waals surface area contributed by atoms with E-state index in [0.29, 0.717) is 18.0 Å². The maximum absolute atomic E-state index is 12.8. The smallest absolute Gasteiger partial charge is 0.369 e. The molecule has 1 N–H and O–H groups in total. The maximum atomic E-state index is 12.8. The Morgan fingerprint density at radius 2 is 2.21 bits per heavy atom. The van der Waals surface area contributed by atoms with Crippen molar-refractivity contribution in [1.82, 2.24) is 14.8 Å².